The summed E-state index contributed by atoms with van der Waals surface area (Å²) in [6.45, 7) is 0.273. The maximum atomic E-state index is 12.5. The molecule has 6 nitrogen and oxygen atoms in total. The highest BCUT2D eigenvalue weighted by Gasteiger charge is 2.33. The third kappa shape index (κ3) is 3.96. The molecule has 1 aromatic carbocycles. The van der Waals surface area contributed by atoms with Crippen molar-refractivity contribution in [3.8, 4) is 5.69 Å². The molecule has 0 saturated heterocycles. The first-order valence-electron chi connectivity index (χ1n) is 8.03. The molecule has 1 aliphatic rings. The Morgan fingerprint density at radius 2 is 2.08 bits per heavy atom. The van der Waals surface area contributed by atoms with Gasteiger partial charge in [0.15, 0.2) is 0 Å². The molecule has 2 N–H and O–H groups in total. The van der Waals surface area contributed by atoms with Crippen LogP contribution in [0.2, 0.25) is 10.0 Å². The number of carbonyl (C=O) groups is 2. The van der Waals surface area contributed by atoms with Crippen LogP contribution in [0.25, 0.3) is 5.69 Å². The van der Waals surface area contributed by atoms with Gasteiger partial charge in [-0.2, -0.15) is 5.10 Å². The molecular weight excluding hydrogens is 363 g/mol. The molecule has 1 saturated carbocycles. The lowest BCUT2D eigenvalue weighted by molar-refractivity contribution is -0.120. The minimum Gasteiger partial charge on any atom is -0.359 e. The van der Waals surface area contributed by atoms with E-state index in [1.165, 1.54) is 0 Å². The highest BCUT2D eigenvalue weighted by atomic mass is 35.5. The number of nitrogens with zero attached hydrogens (tertiary/aromatic N) is 2. The first kappa shape index (κ1) is 17.8. The summed E-state index contributed by atoms with van der Waals surface area (Å²) in [6, 6.07) is 5.18. The van der Waals surface area contributed by atoms with Crippen LogP contribution in [0.4, 0.5) is 0 Å². The van der Waals surface area contributed by atoms with Crippen molar-refractivity contribution in [1.29, 1.82) is 0 Å². The van der Waals surface area contributed by atoms with Crippen LogP contribution in [0.3, 0.4) is 0 Å². The number of hydrogen-bond donors (Lipinski definition) is 2. The van der Waals surface area contributed by atoms with Crippen LogP contribution in [0.15, 0.2) is 24.4 Å². The minimum absolute atomic E-state index is 0.119. The van der Waals surface area contributed by atoms with Gasteiger partial charge in [-0.25, -0.2) is 4.68 Å². The van der Waals surface area contributed by atoms with Crippen LogP contribution in [0.5, 0.6) is 0 Å². The molecule has 132 valence electrons. The van der Waals surface area contributed by atoms with E-state index in [0.717, 1.165) is 18.5 Å². The second kappa shape index (κ2) is 7.45. The lowest BCUT2D eigenvalue weighted by Gasteiger charge is -2.11. The lowest BCUT2D eigenvalue weighted by atomic mass is 10.1. The molecule has 0 spiro atoms. The smallest absolute Gasteiger partial charge is 0.254 e. The van der Waals surface area contributed by atoms with Crippen molar-refractivity contribution in [1.82, 2.24) is 20.4 Å². The second-order valence-electron chi connectivity index (χ2n) is 5.90. The number of benzene rings is 1. The molecule has 0 unspecified atom stereocenters. The lowest BCUT2D eigenvalue weighted by Crippen LogP contribution is -2.29. The summed E-state index contributed by atoms with van der Waals surface area (Å²) >= 11 is 12.3. The predicted octanol–water partition coefficient (Wildman–Crippen LogP) is 2.92. The van der Waals surface area contributed by atoms with Crippen LogP contribution in [-0.4, -0.2) is 35.2 Å². The van der Waals surface area contributed by atoms with E-state index in [-0.39, 0.29) is 30.7 Å². The van der Waals surface area contributed by atoms with Crippen molar-refractivity contribution < 1.29 is 9.59 Å². The molecule has 8 heteroatoms. The molecule has 1 heterocycles. The zero-order chi connectivity index (χ0) is 18.0. The minimum atomic E-state index is -0.234. The van der Waals surface area contributed by atoms with Gasteiger partial charge in [0.2, 0.25) is 5.91 Å². The molecule has 25 heavy (non-hydrogen) atoms. The molecule has 0 atom stereocenters. The average molecular weight is 381 g/mol. The number of carbonyl (C=O) groups excluding carboxylic acids is 2. The third-order valence-electron chi connectivity index (χ3n) is 4.07. The monoisotopic (exact) mass is 380 g/mol. The molecular formula is C17H18Cl2N4O2. The third-order valence-corrected chi connectivity index (χ3v) is 4.61. The average Bonchev–Trinajstić information content (AvgIpc) is 3.33. The Balaban J connectivity index is 1.85. The van der Waals surface area contributed by atoms with Gasteiger partial charge in [0.05, 0.1) is 28.2 Å². The van der Waals surface area contributed by atoms with Gasteiger partial charge in [-0.05, 0) is 31.0 Å². The Bertz CT molecular complexity index is 815. The Kier molecular flexibility index (Phi) is 5.30. The Morgan fingerprint density at radius 3 is 2.72 bits per heavy atom. The standard InChI is InChI=1S/C17H18Cl2N4O2/c1-20-15(24)6-7-21-17(25)12-9-22-23(16(12)10-2-3-10)14-5-4-11(18)8-13(14)19/h4-5,8-10H,2-3,6-7H2,1H3,(H,20,24)(H,21,25). The van der Waals surface area contributed by atoms with Gasteiger partial charge < -0.3 is 10.6 Å². The highest BCUT2D eigenvalue weighted by molar-refractivity contribution is 6.35. The summed E-state index contributed by atoms with van der Waals surface area (Å²) in [6.07, 6.45) is 3.80. The molecule has 3 rings (SSSR count). The first-order valence-corrected chi connectivity index (χ1v) is 8.79. The Labute approximate surface area is 155 Å². The summed E-state index contributed by atoms with van der Waals surface area (Å²) in [5, 5.41) is 10.7. The van der Waals surface area contributed by atoms with E-state index in [1.807, 2.05) is 0 Å². The molecule has 0 radical (unpaired) electrons. The molecule has 2 amide bonds. The SMILES string of the molecule is CNC(=O)CCNC(=O)c1cnn(-c2ccc(Cl)cc2Cl)c1C1CC1. The number of nitrogens with one attached hydrogen (secondary N) is 2. The van der Waals surface area contributed by atoms with E-state index in [2.05, 4.69) is 15.7 Å². The van der Waals surface area contributed by atoms with Crippen LogP contribution >= 0.6 is 23.2 Å². The maximum absolute atomic E-state index is 12.5. The molecule has 1 aliphatic carbocycles. The Morgan fingerprint density at radius 1 is 1.32 bits per heavy atom. The molecule has 0 aliphatic heterocycles. The molecule has 1 aromatic heterocycles. The van der Waals surface area contributed by atoms with Crippen molar-refractivity contribution in [3.05, 3.63) is 45.7 Å². The number of rotatable bonds is 6. The summed E-state index contributed by atoms with van der Waals surface area (Å²) in [7, 11) is 1.56. The van der Waals surface area contributed by atoms with E-state index in [1.54, 1.807) is 36.1 Å². The fourth-order valence-electron chi connectivity index (χ4n) is 2.64. The summed E-state index contributed by atoms with van der Waals surface area (Å²) in [5.41, 5.74) is 2.06. The summed E-state index contributed by atoms with van der Waals surface area (Å²) < 4.78 is 1.71. The van der Waals surface area contributed by atoms with Crippen molar-refractivity contribution in [2.24, 2.45) is 0 Å². The van der Waals surface area contributed by atoms with E-state index >= 15 is 0 Å². The van der Waals surface area contributed by atoms with Gasteiger partial charge in [0.1, 0.15) is 0 Å². The first-order chi connectivity index (χ1) is 12.0. The number of aromatic nitrogens is 2. The van der Waals surface area contributed by atoms with Gasteiger partial charge >= 0.3 is 0 Å². The summed E-state index contributed by atoms with van der Waals surface area (Å²) in [4.78, 5) is 23.8. The van der Waals surface area contributed by atoms with E-state index in [9.17, 15) is 9.59 Å². The van der Waals surface area contributed by atoms with Crippen molar-refractivity contribution in [2.75, 3.05) is 13.6 Å². The fourth-order valence-corrected chi connectivity index (χ4v) is 3.13. The van der Waals surface area contributed by atoms with Crippen LogP contribution in [-0.2, 0) is 4.79 Å². The Hall–Kier alpha value is -2.05. The van der Waals surface area contributed by atoms with Crippen molar-refractivity contribution >= 4 is 35.0 Å². The quantitative estimate of drug-likeness (QED) is 0.808. The normalized spacial score (nSPS) is 13.6. The van der Waals surface area contributed by atoms with Crippen molar-refractivity contribution in [2.45, 2.75) is 25.2 Å². The van der Waals surface area contributed by atoms with E-state index in [4.69, 9.17) is 23.2 Å². The van der Waals surface area contributed by atoms with Crippen LogP contribution < -0.4 is 10.6 Å². The largest absolute Gasteiger partial charge is 0.359 e. The molecule has 2 aromatic rings. The van der Waals surface area contributed by atoms with E-state index < -0.39 is 0 Å². The second-order valence-corrected chi connectivity index (χ2v) is 6.75. The van der Waals surface area contributed by atoms with Gasteiger partial charge in [-0.1, -0.05) is 23.2 Å². The fraction of sp³-hybridized carbons (Fsp3) is 0.353. The van der Waals surface area contributed by atoms with Crippen LogP contribution in [0.1, 0.15) is 41.2 Å². The van der Waals surface area contributed by atoms with E-state index in [0.29, 0.717) is 21.3 Å². The maximum Gasteiger partial charge on any atom is 0.254 e. The molecule has 1 fully saturated rings. The van der Waals surface area contributed by atoms with Crippen molar-refractivity contribution in [3.63, 3.8) is 0 Å². The number of amides is 2. The summed E-state index contributed by atoms with van der Waals surface area (Å²) in [5.74, 6) is -0.0672. The van der Waals surface area contributed by atoms with Gasteiger partial charge in [0.25, 0.3) is 5.91 Å². The number of halogens is 2. The topological polar surface area (TPSA) is 76.0 Å². The zero-order valence-corrected chi connectivity index (χ0v) is 15.2. The van der Waals surface area contributed by atoms with Gasteiger partial charge in [-0.3, -0.25) is 9.59 Å². The van der Waals surface area contributed by atoms with Crippen LogP contribution in [0, 0.1) is 0 Å². The molecule has 0 bridgehead atoms. The van der Waals surface area contributed by atoms with Gasteiger partial charge in [-0.15, -0.1) is 0 Å². The zero-order valence-electron chi connectivity index (χ0n) is 13.7. The van der Waals surface area contributed by atoms with Gasteiger partial charge in [0, 0.05) is 31.0 Å². The highest BCUT2D eigenvalue weighted by Crippen LogP contribution is 2.43. The predicted molar refractivity (Wildman–Crippen MR) is 96.6 cm³/mol. The number of hydrogen-bond acceptors (Lipinski definition) is 3.